The summed E-state index contributed by atoms with van der Waals surface area (Å²) in [6.07, 6.45) is 5.06. The van der Waals surface area contributed by atoms with Crippen LogP contribution in [0.3, 0.4) is 0 Å². The summed E-state index contributed by atoms with van der Waals surface area (Å²) in [5.41, 5.74) is 1.41. The lowest BCUT2D eigenvalue weighted by Crippen LogP contribution is -2.43. The monoisotopic (exact) mass is 433 g/mol. The van der Waals surface area contributed by atoms with Crippen molar-refractivity contribution in [2.45, 2.75) is 42.4 Å². The molecule has 1 aromatic carbocycles. The first-order chi connectivity index (χ1) is 14.0. The zero-order valence-electron chi connectivity index (χ0n) is 16.4. The van der Waals surface area contributed by atoms with Crippen molar-refractivity contribution in [3.8, 4) is 0 Å². The first kappa shape index (κ1) is 20.4. The van der Waals surface area contributed by atoms with Crippen LogP contribution in [0.25, 0.3) is 0 Å². The number of nitrogens with zero attached hydrogens (tertiary/aromatic N) is 2. The maximum atomic E-state index is 12.9. The van der Waals surface area contributed by atoms with E-state index < -0.39 is 10.0 Å². The molecule has 1 N–H and O–H groups in total. The molecule has 4 rings (SSSR count). The minimum atomic E-state index is -3.55. The van der Waals surface area contributed by atoms with E-state index in [-0.39, 0.29) is 10.1 Å². The topological polar surface area (TPSA) is 69.7 Å². The van der Waals surface area contributed by atoms with Crippen LogP contribution in [0.2, 0.25) is 0 Å². The van der Waals surface area contributed by atoms with Gasteiger partial charge in [0.05, 0.1) is 6.42 Å². The Morgan fingerprint density at radius 3 is 2.52 bits per heavy atom. The molecule has 1 atom stereocenters. The van der Waals surface area contributed by atoms with Gasteiger partial charge in [0, 0.05) is 24.8 Å². The van der Waals surface area contributed by atoms with Crippen molar-refractivity contribution in [3.63, 3.8) is 0 Å². The van der Waals surface area contributed by atoms with Crippen LogP contribution >= 0.6 is 11.3 Å². The van der Waals surface area contributed by atoms with Crippen LogP contribution in [0.5, 0.6) is 0 Å². The third-order valence-electron chi connectivity index (χ3n) is 5.69. The van der Waals surface area contributed by atoms with E-state index in [1.54, 1.807) is 29.6 Å². The van der Waals surface area contributed by atoms with Gasteiger partial charge in [0.15, 0.2) is 0 Å². The van der Waals surface area contributed by atoms with E-state index >= 15 is 0 Å². The quantitative estimate of drug-likeness (QED) is 0.728. The van der Waals surface area contributed by atoms with Gasteiger partial charge in [-0.25, -0.2) is 8.42 Å². The highest BCUT2D eigenvalue weighted by atomic mass is 32.2. The van der Waals surface area contributed by atoms with Crippen LogP contribution in [-0.2, 0) is 21.2 Å². The van der Waals surface area contributed by atoms with Gasteiger partial charge in [-0.15, -0.1) is 11.3 Å². The van der Waals surface area contributed by atoms with Crippen LogP contribution in [-0.4, -0.2) is 56.3 Å². The highest BCUT2D eigenvalue weighted by molar-refractivity contribution is 7.94. The Bertz CT molecular complexity index is 921. The summed E-state index contributed by atoms with van der Waals surface area (Å²) >= 11 is 1.18. The second-order valence-corrected chi connectivity index (χ2v) is 10.7. The van der Waals surface area contributed by atoms with Crippen molar-refractivity contribution in [3.05, 3.63) is 47.3 Å². The van der Waals surface area contributed by atoms with Crippen LogP contribution in [0.1, 0.15) is 31.2 Å². The molecule has 2 saturated heterocycles. The second kappa shape index (κ2) is 8.85. The lowest BCUT2D eigenvalue weighted by atomic mass is 10.1. The third kappa shape index (κ3) is 4.99. The van der Waals surface area contributed by atoms with Crippen LogP contribution in [0.4, 0.5) is 5.69 Å². The Hall–Kier alpha value is -1.90. The normalized spacial score (nSPS) is 20.3. The standard InChI is InChI=1S/C21H27N3O3S2/c25-20(24-13-3-5-19(24)16-23-11-1-2-12-23)15-17-7-9-18(10-8-17)22-29(26,27)21-6-4-14-28-21/h4,6-10,14,19,22H,1-3,5,11-13,15-16H2. The summed E-state index contributed by atoms with van der Waals surface area (Å²) < 4.78 is 27.5. The van der Waals surface area contributed by atoms with Crippen molar-refractivity contribution in [1.29, 1.82) is 0 Å². The van der Waals surface area contributed by atoms with E-state index in [9.17, 15) is 13.2 Å². The van der Waals surface area contributed by atoms with Gasteiger partial charge in [0.25, 0.3) is 10.0 Å². The maximum absolute atomic E-state index is 12.9. The van der Waals surface area contributed by atoms with E-state index in [4.69, 9.17) is 0 Å². The average Bonchev–Trinajstić information content (AvgIpc) is 3.46. The van der Waals surface area contributed by atoms with Crippen molar-refractivity contribution in [2.75, 3.05) is 30.9 Å². The van der Waals surface area contributed by atoms with Gasteiger partial charge in [-0.2, -0.15) is 0 Å². The second-order valence-electron chi connectivity index (χ2n) is 7.80. The summed E-state index contributed by atoms with van der Waals surface area (Å²) in [5, 5.41) is 1.73. The predicted molar refractivity (Wildman–Crippen MR) is 116 cm³/mol. The van der Waals surface area contributed by atoms with Gasteiger partial charge >= 0.3 is 0 Å². The smallest absolute Gasteiger partial charge is 0.271 e. The number of nitrogens with one attached hydrogen (secondary N) is 1. The number of hydrogen-bond donors (Lipinski definition) is 1. The fraction of sp³-hybridized carbons (Fsp3) is 0.476. The Kier molecular flexibility index (Phi) is 6.22. The molecule has 2 aliphatic rings. The molecule has 2 aliphatic heterocycles. The molecule has 2 aromatic rings. The summed E-state index contributed by atoms with van der Waals surface area (Å²) in [5.74, 6) is 0.165. The average molecular weight is 434 g/mol. The molecule has 2 fully saturated rings. The van der Waals surface area contributed by atoms with Gasteiger partial charge in [0.2, 0.25) is 5.91 Å². The lowest BCUT2D eigenvalue weighted by molar-refractivity contribution is -0.131. The highest BCUT2D eigenvalue weighted by Crippen LogP contribution is 2.23. The number of amides is 1. The van der Waals surface area contributed by atoms with Gasteiger partial charge in [-0.3, -0.25) is 9.52 Å². The van der Waals surface area contributed by atoms with Crippen molar-refractivity contribution < 1.29 is 13.2 Å². The molecule has 3 heterocycles. The van der Waals surface area contributed by atoms with Gasteiger partial charge < -0.3 is 9.80 Å². The molecule has 0 saturated carbocycles. The number of carbonyl (C=O) groups is 1. The zero-order chi connectivity index (χ0) is 20.3. The third-order valence-corrected chi connectivity index (χ3v) is 8.47. The number of carbonyl (C=O) groups excluding carboxylic acids is 1. The minimum Gasteiger partial charge on any atom is -0.338 e. The number of benzene rings is 1. The summed E-state index contributed by atoms with van der Waals surface area (Å²) in [6, 6.07) is 10.7. The predicted octanol–water partition coefficient (Wildman–Crippen LogP) is 3.18. The molecule has 1 amide bonds. The first-order valence-electron chi connectivity index (χ1n) is 10.2. The maximum Gasteiger partial charge on any atom is 0.271 e. The number of rotatable bonds is 7. The van der Waals surface area contributed by atoms with E-state index in [2.05, 4.69) is 9.62 Å². The summed E-state index contributed by atoms with van der Waals surface area (Å²) in [4.78, 5) is 17.4. The zero-order valence-corrected chi connectivity index (χ0v) is 18.1. The van der Waals surface area contributed by atoms with Crippen LogP contribution < -0.4 is 4.72 Å². The molecule has 0 bridgehead atoms. The van der Waals surface area contributed by atoms with E-state index in [1.807, 2.05) is 17.0 Å². The molecule has 1 aromatic heterocycles. The van der Waals surface area contributed by atoms with Crippen molar-refractivity contribution in [2.24, 2.45) is 0 Å². The van der Waals surface area contributed by atoms with Crippen LogP contribution in [0.15, 0.2) is 46.0 Å². The molecular formula is C21H27N3O3S2. The van der Waals surface area contributed by atoms with Crippen LogP contribution in [0, 0.1) is 0 Å². The fourth-order valence-electron chi connectivity index (χ4n) is 4.21. The number of thiophene rings is 1. The molecule has 8 heteroatoms. The number of anilines is 1. The molecule has 0 spiro atoms. The molecular weight excluding hydrogens is 406 g/mol. The minimum absolute atomic E-state index is 0.165. The van der Waals surface area contributed by atoms with Gasteiger partial charge in [-0.05, 0) is 67.9 Å². The number of hydrogen-bond acceptors (Lipinski definition) is 5. The summed E-state index contributed by atoms with van der Waals surface area (Å²) in [6.45, 7) is 4.15. The molecule has 29 heavy (non-hydrogen) atoms. The van der Waals surface area contributed by atoms with Gasteiger partial charge in [-0.1, -0.05) is 18.2 Å². The van der Waals surface area contributed by atoms with Crippen molar-refractivity contribution >= 4 is 33.0 Å². The van der Waals surface area contributed by atoms with E-state index in [0.717, 1.165) is 44.6 Å². The Morgan fingerprint density at radius 2 is 1.83 bits per heavy atom. The molecule has 0 aliphatic carbocycles. The largest absolute Gasteiger partial charge is 0.338 e. The number of sulfonamides is 1. The molecule has 156 valence electrons. The molecule has 6 nitrogen and oxygen atoms in total. The lowest BCUT2D eigenvalue weighted by Gasteiger charge is -2.28. The fourth-order valence-corrected chi connectivity index (χ4v) is 6.26. The first-order valence-corrected chi connectivity index (χ1v) is 12.5. The summed E-state index contributed by atoms with van der Waals surface area (Å²) in [7, 11) is -3.55. The highest BCUT2D eigenvalue weighted by Gasteiger charge is 2.30. The Morgan fingerprint density at radius 1 is 1.07 bits per heavy atom. The molecule has 0 radical (unpaired) electrons. The molecule has 1 unspecified atom stereocenters. The van der Waals surface area contributed by atoms with Gasteiger partial charge in [0.1, 0.15) is 4.21 Å². The number of likely N-dealkylation sites (tertiary alicyclic amines) is 2. The SMILES string of the molecule is O=C(Cc1ccc(NS(=O)(=O)c2cccs2)cc1)N1CCCC1CN1CCCC1. The van der Waals surface area contributed by atoms with Crippen molar-refractivity contribution in [1.82, 2.24) is 9.80 Å². The Labute approximate surface area is 176 Å². The Balaban J connectivity index is 1.35. The van der Waals surface area contributed by atoms with E-state index in [1.165, 1.54) is 24.2 Å². The van der Waals surface area contributed by atoms with E-state index in [0.29, 0.717) is 18.2 Å².